The molecule has 1 aromatic heterocycles. The fourth-order valence-electron chi connectivity index (χ4n) is 6.49. The van der Waals surface area contributed by atoms with Crippen molar-refractivity contribution in [3.05, 3.63) is 77.5 Å². The molecule has 5 rings (SSSR count). The molecule has 1 saturated carbocycles. The number of amides is 1. The number of nitrogens with zero attached hydrogens (tertiary/aromatic N) is 1. The van der Waals surface area contributed by atoms with Crippen molar-refractivity contribution < 1.29 is 23.1 Å². The second-order valence-electron chi connectivity index (χ2n) is 11.4. The van der Waals surface area contributed by atoms with E-state index >= 15 is 0 Å². The van der Waals surface area contributed by atoms with E-state index in [0.29, 0.717) is 18.9 Å². The Kier molecular flexibility index (Phi) is 9.49. The molecule has 1 amide bonds. The first-order chi connectivity index (χ1) is 19.9. The van der Waals surface area contributed by atoms with Gasteiger partial charge in [-0.2, -0.15) is 0 Å². The third-order valence-corrected chi connectivity index (χ3v) is 8.55. The molecule has 2 fully saturated rings. The zero-order valence-electron chi connectivity index (χ0n) is 23.6. The summed E-state index contributed by atoms with van der Waals surface area (Å²) < 4.78 is 32.7. The van der Waals surface area contributed by atoms with E-state index in [-0.39, 0.29) is 35.4 Å². The van der Waals surface area contributed by atoms with Crippen LogP contribution in [0.4, 0.5) is 8.78 Å². The molecule has 0 unspecified atom stereocenters. The van der Waals surface area contributed by atoms with E-state index in [1.165, 1.54) is 35.2 Å². The van der Waals surface area contributed by atoms with Crippen LogP contribution in [-0.4, -0.2) is 53.5 Å². The monoisotopic (exact) mass is 563 g/mol. The molecule has 1 aliphatic carbocycles. The van der Waals surface area contributed by atoms with Crippen LogP contribution in [0.15, 0.2) is 54.7 Å². The van der Waals surface area contributed by atoms with E-state index in [0.717, 1.165) is 63.2 Å². The van der Waals surface area contributed by atoms with Gasteiger partial charge in [-0.05, 0) is 98.9 Å². The summed E-state index contributed by atoms with van der Waals surface area (Å²) in [6.07, 6.45) is 10.8. The average Bonchev–Trinajstić information content (AvgIpc) is 3.59. The lowest BCUT2D eigenvalue weighted by molar-refractivity contribution is -0.153. The minimum Gasteiger partial charge on any atom is -0.465 e. The lowest BCUT2D eigenvalue weighted by atomic mass is 9.87. The number of hydrogen-bond donors (Lipinski definition) is 2. The van der Waals surface area contributed by atoms with Crippen LogP contribution in [0.3, 0.4) is 0 Å². The molecule has 0 bridgehead atoms. The summed E-state index contributed by atoms with van der Waals surface area (Å²) in [7, 11) is 0. The van der Waals surface area contributed by atoms with E-state index in [1.54, 1.807) is 0 Å². The van der Waals surface area contributed by atoms with E-state index in [4.69, 9.17) is 4.74 Å². The number of hydrogen-bond acceptors (Lipinski definition) is 4. The molecular weight excluding hydrogens is 524 g/mol. The van der Waals surface area contributed by atoms with Crippen LogP contribution in [0, 0.1) is 17.6 Å². The van der Waals surface area contributed by atoms with Gasteiger partial charge in [0.05, 0.1) is 6.61 Å². The first-order valence-corrected chi connectivity index (χ1v) is 14.8. The molecule has 41 heavy (non-hydrogen) atoms. The van der Waals surface area contributed by atoms with Gasteiger partial charge in [0.2, 0.25) is 5.91 Å². The van der Waals surface area contributed by atoms with Crippen LogP contribution in [0.2, 0.25) is 0 Å². The molecule has 0 radical (unpaired) electrons. The summed E-state index contributed by atoms with van der Waals surface area (Å²) in [5, 5.41) is 4.28. The van der Waals surface area contributed by atoms with Crippen molar-refractivity contribution in [1.82, 2.24) is 15.2 Å². The molecule has 3 atom stereocenters. The SMILES string of the molecule is CCCCOC(=O)[C@@H]([C@@H]1CC[C@H](NC(=O)/C=C/c2cc(F)cc(F)c2)C1)N1CCC(c2c[nH]c3ccccc23)CC1. The van der Waals surface area contributed by atoms with Gasteiger partial charge in [0.1, 0.15) is 17.7 Å². The zero-order chi connectivity index (χ0) is 28.8. The molecule has 6 nitrogen and oxygen atoms in total. The minimum absolute atomic E-state index is 0.0731. The van der Waals surface area contributed by atoms with Gasteiger partial charge in [-0.25, -0.2) is 8.78 Å². The predicted molar refractivity (Wildman–Crippen MR) is 156 cm³/mol. The number of carbonyl (C=O) groups excluding carboxylic acids is 2. The minimum atomic E-state index is -0.689. The highest BCUT2D eigenvalue weighted by Gasteiger charge is 2.41. The van der Waals surface area contributed by atoms with Gasteiger partial charge in [0.15, 0.2) is 0 Å². The Balaban J connectivity index is 1.21. The van der Waals surface area contributed by atoms with Crippen LogP contribution in [-0.2, 0) is 14.3 Å². The number of carbonyl (C=O) groups is 2. The maximum Gasteiger partial charge on any atom is 0.323 e. The molecule has 1 aliphatic heterocycles. The second kappa shape index (κ2) is 13.4. The van der Waals surface area contributed by atoms with Crippen LogP contribution in [0.5, 0.6) is 0 Å². The number of rotatable bonds is 10. The third kappa shape index (κ3) is 7.22. The summed E-state index contributed by atoms with van der Waals surface area (Å²) in [4.78, 5) is 31.7. The fourth-order valence-corrected chi connectivity index (χ4v) is 6.49. The molecule has 2 N–H and O–H groups in total. The molecule has 2 aliphatic rings. The highest BCUT2D eigenvalue weighted by atomic mass is 19.1. The summed E-state index contributed by atoms with van der Waals surface area (Å²) in [6, 6.07) is 11.1. The van der Waals surface area contributed by atoms with Crippen molar-refractivity contribution >= 4 is 28.9 Å². The molecule has 2 heterocycles. The number of piperidine rings is 1. The number of fused-ring (bicyclic) bond motifs is 1. The molecule has 1 saturated heterocycles. The van der Waals surface area contributed by atoms with Crippen molar-refractivity contribution in [2.45, 2.75) is 69.9 Å². The Morgan fingerprint density at radius 2 is 1.85 bits per heavy atom. The van der Waals surface area contributed by atoms with Crippen molar-refractivity contribution in [2.24, 2.45) is 5.92 Å². The number of nitrogens with one attached hydrogen (secondary N) is 2. The van der Waals surface area contributed by atoms with Crippen molar-refractivity contribution in [2.75, 3.05) is 19.7 Å². The Labute approximate surface area is 240 Å². The topological polar surface area (TPSA) is 74.4 Å². The molecular formula is C33H39F2N3O3. The second-order valence-corrected chi connectivity index (χ2v) is 11.4. The van der Waals surface area contributed by atoms with Gasteiger partial charge in [-0.1, -0.05) is 31.5 Å². The van der Waals surface area contributed by atoms with Crippen LogP contribution in [0.25, 0.3) is 17.0 Å². The van der Waals surface area contributed by atoms with Crippen LogP contribution in [0.1, 0.15) is 68.9 Å². The Morgan fingerprint density at radius 1 is 1.10 bits per heavy atom. The molecule has 2 aromatic carbocycles. The number of benzene rings is 2. The first-order valence-electron chi connectivity index (χ1n) is 14.8. The average molecular weight is 564 g/mol. The van der Waals surface area contributed by atoms with Crippen LogP contribution < -0.4 is 5.32 Å². The lowest BCUT2D eigenvalue weighted by Gasteiger charge is -2.39. The van der Waals surface area contributed by atoms with Gasteiger partial charge in [-0.3, -0.25) is 14.5 Å². The predicted octanol–water partition coefficient (Wildman–Crippen LogP) is 6.34. The number of para-hydroxylation sites is 1. The van der Waals surface area contributed by atoms with Gasteiger partial charge >= 0.3 is 5.97 Å². The summed E-state index contributed by atoms with van der Waals surface area (Å²) >= 11 is 0. The largest absolute Gasteiger partial charge is 0.465 e. The van der Waals surface area contributed by atoms with Gasteiger partial charge in [0.25, 0.3) is 0 Å². The maximum atomic E-state index is 13.5. The third-order valence-electron chi connectivity index (χ3n) is 8.55. The Bertz CT molecular complexity index is 1360. The number of aromatic nitrogens is 1. The number of aromatic amines is 1. The lowest BCUT2D eigenvalue weighted by Crippen LogP contribution is -2.50. The highest BCUT2D eigenvalue weighted by molar-refractivity contribution is 5.92. The van der Waals surface area contributed by atoms with E-state index in [9.17, 15) is 18.4 Å². The van der Waals surface area contributed by atoms with Gasteiger partial charge < -0.3 is 15.0 Å². The molecule has 8 heteroatoms. The first kappa shape index (κ1) is 29.0. The summed E-state index contributed by atoms with van der Waals surface area (Å²) in [5.41, 5.74) is 2.78. The molecule has 3 aromatic rings. The summed E-state index contributed by atoms with van der Waals surface area (Å²) in [6.45, 7) is 4.14. The quantitative estimate of drug-likeness (QED) is 0.172. The van der Waals surface area contributed by atoms with E-state index in [2.05, 4.69) is 46.5 Å². The number of halogens is 2. The highest BCUT2D eigenvalue weighted by Crippen LogP contribution is 2.37. The molecule has 0 spiro atoms. The Hall–Kier alpha value is -3.52. The van der Waals surface area contributed by atoms with Crippen molar-refractivity contribution in [1.29, 1.82) is 0 Å². The standard InChI is InChI=1S/C33H39F2N3O3/c1-2-3-16-41-33(40)32(38-14-12-23(13-15-38)29-21-36-30-7-5-4-6-28(29)30)24-9-10-27(19-24)37-31(39)11-8-22-17-25(34)20-26(35)18-22/h4-8,11,17-18,20-21,23-24,27,32,36H,2-3,9-10,12-16,19H2,1H3,(H,37,39)/b11-8+/t24-,27+,32-/m1/s1. The zero-order valence-corrected chi connectivity index (χ0v) is 23.6. The van der Waals surface area contributed by atoms with Crippen molar-refractivity contribution in [3.63, 3.8) is 0 Å². The fraction of sp³-hybridized carbons (Fsp3) is 0.455. The normalized spacial score (nSPS) is 21.0. The number of H-pyrrole nitrogens is 1. The van der Waals surface area contributed by atoms with Gasteiger partial charge in [0, 0.05) is 35.3 Å². The number of esters is 1. The molecule has 218 valence electrons. The Morgan fingerprint density at radius 3 is 2.61 bits per heavy atom. The van der Waals surface area contributed by atoms with Gasteiger partial charge in [-0.15, -0.1) is 0 Å². The maximum absolute atomic E-state index is 13.5. The van der Waals surface area contributed by atoms with Crippen LogP contribution >= 0.6 is 0 Å². The van der Waals surface area contributed by atoms with E-state index in [1.807, 2.05) is 6.07 Å². The number of ether oxygens (including phenoxy) is 1. The summed E-state index contributed by atoms with van der Waals surface area (Å²) in [5.74, 6) is -1.33. The van der Waals surface area contributed by atoms with E-state index < -0.39 is 11.6 Å². The smallest absolute Gasteiger partial charge is 0.323 e. The number of unbranched alkanes of at least 4 members (excludes halogenated alkanes) is 1. The number of likely N-dealkylation sites (tertiary alicyclic amines) is 1. The van der Waals surface area contributed by atoms with Crippen molar-refractivity contribution in [3.8, 4) is 0 Å².